The molecule has 3 rings (SSSR count). The molecule has 27 heavy (non-hydrogen) atoms. The number of hydroxylamine groups is 2. The number of hydrogen-bond donors (Lipinski definition) is 3. The van der Waals surface area contributed by atoms with Gasteiger partial charge in [0.1, 0.15) is 12.7 Å². The summed E-state index contributed by atoms with van der Waals surface area (Å²) in [5.41, 5.74) is 8.73. The number of allylic oxidation sites excluding steroid dienone is 1. The van der Waals surface area contributed by atoms with Gasteiger partial charge in [-0.2, -0.15) is 0 Å². The molecule has 1 aromatic heterocycles. The number of nitrogens with zero attached hydrogens (tertiary/aromatic N) is 1. The lowest BCUT2D eigenvalue weighted by Gasteiger charge is -2.13. The zero-order valence-electron chi connectivity index (χ0n) is 15.3. The number of pyridine rings is 1. The Labute approximate surface area is 158 Å². The SMILES string of the molecule is CCCC1=CC(CONC(=O)c2ccccc2NCc2ccncc2)ON1. The first-order chi connectivity index (χ1) is 13.3. The summed E-state index contributed by atoms with van der Waals surface area (Å²) in [5.74, 6) is -0.309. The van der Waals surface area contributed by atoms with E-state index >= 15 is 0 Å². The zero-order chi connectivity index (χ0) is 18.9. The van der Waals surface area contributed by atoms with Crippen molar-refractivity contribution in [3.05, 3.63) is 71.7 Å². The van der Waals surface area contributed by atoms with Crippen LogP contribution in [-0.4, -0.2) is 23.6 Å². The number of nitrogens with one attached hydrogen (secondary N) is 3. The van der Waals surface area contributed by atoms with Crippen LogP contribution in [0.25, 0.3) is 0 Å². The maximum atomic E-state index is 12.5. The van der Waals surface area contributed by atoms with E-state index in [0.717, 1.165) is 29.8 Å². The molecule has 1 unspecified atom stereocenters. The summed E-state index contributed by atoms with van der Waals surface area (Å²) >= 11 is 0. The fraction of sp³-hybridized carbons (Fsp3) is 0.300. The zero-order valence-corrected chi connectivity index (χ0v) is 15.3. The van der Waals surface area contributed by atoms with Crippen LogP contribution in [0, 0.1) is 0 Å². The van der Waals surface area contributed by atoms with Crippen LogP contribution in [-0.2, 0) is 16.2 Å². The second-order valence-electron chi connectivity index (χ2n) is 6.20. The molecule has 1 aliphatic heterocycles. The highest BCUT2D eigenvalue weighted by Crippen LogP contribution is 2.16. The highest BCUT2D eigenvalue weighted by molar-refractivity contribution is 5.98. The monoisotopic (exact) mass is 368 g/mol. The number of anilines is 1. The summed E-state index contributed by atoms with van der Waals surface area (Å²) in [5, 5.41) is 3.27. The standard InChI is InChI=1S/C20H24N4O3/c1-2-5-16-12-17(27-23-16)14-26-24-20(25)18-6-3-4-7-19(18)22-13-15-8-10-21-11-9-15/h3-4,6-12,17,22-23H,2,5,13-14H2,1H3,(H,24,25). The van der Waals surface area contributed by atoms with Crippen LogP contribution in [0.3, 0.4) is 0 Å². The van der Waals surface area contributed by atoms with Crippen molar-refractivity contribution in [2.75, 3.05) is 11.9 Å². The molecule has 1 aromatic carbocycles. The molecule has 0 saturated heterocycles. The number of aromatic nitrogens is 1. The Kier molecular flexibility index (Phi) is 6.78. The predicted octanol–water partition coefficient (Wildman–Crippen LogP) is 2.94. The van der Waals surface area contributed by atoms with E-state index in [0.29, 0.717) is 12.1 Å². The third-order valence-electron chi connectivity index (χ3n) is 4.06. The number of benzene rings is 1. The molecule has 1 amide bonds. The first-order valence-corrected chi connectivity index (χ1v) is 9.02. The van der Waals surface area contributed by atoms with Crippen LogP contribution in [0.2, 0.25) is 0 Å². The van der Waals surface area contributed by atoms with E-state index in [1.807, 2.05) is 36.4 Å². The smallest absolute Gasteiger partial charge is 0.276 e. The lowest BCUT2D eigenvalue weighted by Crippen LogP contribution is -2.29. The molecule has 142 valence electrons. The van der Waals surface area contributed by atoms with Crippen LogP contribution >= 0.6 is 0 Å². The van der Waals surface area contributed by atoms with Gasteiger partial charge in [-0.15, -0.1) is 0 Å². The van der Waals surface area contributed by atoms with Gasteiger partial charge in [0.15, 0.2) is 0 Å². The van der Waals surface area contributed by atoms with E-state index in [-0.39, 0.29) is 18.6 Å². The first kappa shape index (κ1) is 18.9. The Morgan fingerprint density at radius 1 is 1.26 bits per heavy atom. The van der Waals surface area contributed by atoms with Gasteiger partial charge in [-0.1, -0.05) is 25.5 Å². The van der Waals surface area contributed by atoms with Gasteiger partial charge in [0.05, 0.1) is 5.56 Å². The Bertz CT molecular complexity index is 780. The molecule has 1 aliphatic rings. The largest absolute Gasteiger partial charge is 0.380 e. The molecule has 0 spiro atoms. The van der Waals surface area contributed by atoms with E-state index in [9.17, 15) is 4.79 Å². The lowest BCUT2D eigenvalue weighted by atomic mass is 10.1. The fourth-order valence-corrected chi connectivity index (χ4v) is 2.71. The number of amides is 1. The quantitative estimate of drug-likeness (QED) is 0.590. The van der Waals surface area contributed by atoms with E-state index in [4.69, 9.17) is 9.68 Å². The van der Waals surface area contributed by atoms with Gasteiger partial charge in [-0.3, -0.25) is 24.9 Å². The minimum absolute atomic E-state index is 0.216. The van der Waals surface area contributed by atoms with Crippen LogP contribution in [0.4, 0.5) is 5.69 Å². The van der Waals surface area contributed by atoms with Crippen LogP contribution in [0.15, 0.2) is 60.6 Å². The van der Waals surface area contributed by atoms with Gasteiger partial charge in [0.2, 0.25) is 0 Å². The number of carbonyl (C=O) groups excluding carboxylic acids is 1. The Balaban J connectivity index is 1.51. The van der Waals surface area contributed by atoms with Gasteiger partial charge in [0.25, 0.3) is 5.91 Å². The summed E-state index contributed by atoms with van der Waals surface area (Å²) in [7, 11) is 0. The van der Waals surface area contributed by atoms with Crippen LogP contribution in [0.1, 0.15) is 35.7 Å². The van der Waals surface area contributed by atoms with Gasteiger partial charge >= 0.3 is 0 Å². The maximum Gasteiger partial charge on any atom is 0.276 e. The fourth-order valence-electron chi connectivity index (χ4n) is 2.71. The summed E-state index contributed by atoms with van der Waals surface area (Å²) in [6.45, 7) is 2.94. The minimum atomic E-state index is -0.309. The van der Waals surface area contributed by atoms with Crippen molar-refractivity contribution >= 4 is 11.6 Å². The number of hydrogen-bond acceptors (Lipinski definition) is 6. The average molecular weight is 368 g/mol. The van der Waals surface area contributed by atoms with Crippen molar-refractivity contribution in [3.63, 3.8) is 0 Å². The molecule has 0 fully saturated rings. The molecule has 2 aromatic rings. The second kappa shape index (κ2) is 9.70. The third kappa shape index (κ3) is 5.54. The van der Waals surface area contributed by atoms with Gasteiger partial charge in [-0.25, -0.2) is 5.48 Å². The molecule has 7 heteroatoms. The molecule has 0 bridgehead atoms. The van der Waals surface area contributed by atoms with Crippen LogP contribution in [0.5, 0.6) is 0 Å². The summed E-state index contributed by atoms with van der Waals surface area (Å²) < 4.78 is 0. The third-order valence-corrected chi connectivity index (χ3v) is 4.06. The van der Waals surface area contributed by atoms with Gasteiger partial charge in [0, 0.05) is 30.3 Å². The highest BCUT2D eigenvalue weighted by Gasteiger charge is 2.17. The molecule has 2 heterocycles. The first-order valence-electron chi connectivity index (χ1n) is 9.02. The Hall–Kier alpha value is -2.90. The average Bonchev–Trinajstić information content (AvgIpc) is 3.15. The molecule has 0 aliphatic carbocycles. The van der Waals surface area contributed by atoms with Crippen molar-refractivity contribution in [3.8, 4) is 0 Å². The topological polar surface area (TPSA) is 84.5 Å². The molecule has 0 saturated carbocycles. The van der Waals surface area contributed by atoms with E-state index in [1.54, 1.807) is 18.5 Å². The van der Waals surface area contributed by atoms with Crippen molar-refractivity contribution in [1.82, 2.24) is 15.9 Å². The maximum absolute atomic E-state index is 12.5. The molecule has 7 nitrogen and oxygen atoms in total. The summed E-state index contributed by atoms with van der Waals surface area (Å²) in [6, 6.07) is 11.2. The van der Waals surface area contributed by atoms with E-state index < -0.39 is 0 Å². The molecular weight excluding hydrogens is 344 g/mol. The normalized spacial score (nSPS) is 15.7. The van der Waals surface area contributed by atoms with Crippen molar-refractivity contribution in [2.24, 2.45) is 0 Å². The van der Waals surface area contributed by atoms with E-state index in [1.165, 1.54) is 0 Å². The van der Waals surface area contributed by atoms with Gasteiger partial charge in [-0.05, 0) is 42.3 Å². The molecule has 1 atom stereocenters. The number of rotatable bonds is 9. The lowest BCUT2D eigenvalue weighted by molar-refractivity contribution is -0.0411. The number of para-hydroxylation sites is 1. The Morgan fingerprint density at radius 2 is 2.07 bits per heavy atom. The predicted molar refractivity (Wildman–Crippen MR) is 102 cm³/mol. The summed E-state index contributed by atoms with van der Waals surface area (Å²) in [4.78, 5) is 27.2. The van der Waals surface area contributed by atoms with Crippen molar-refractivity contribution in [1.29, 1.82) is 0 Å². The second-order valence-corrected chi connectivity index (χ2v) is 6.20. The Morgan fingerprint density at radius 3 is 2.89 bits per heavy atom. The summed E-state index contributed by atoms with van der Waals surface area (Å²) in [6.07, 6.45) is 7.20. The molecule has 0 radical (unpaired) electrons. The minimum Gasteiger partial charge on any atom is -0.380 e. The van der Waals surface area contributed by atoms with Crippen molar-refractivity contribution in [2.45, 2.75) is 32.4 Å². The van der Waals surface area contributed by atoms with Gasteiger partial charge < -0.3 is 5.32 Å². The number of carbonyl (C=O) groups is 1. The molecular formula is C20H24N4O3. The van der Waals surface area contributed by atoms with Crippen LogP contribution < -0.4 is 16.3 Å². The van der Waals surface area contributed by atoms with Crippen molar-refractivity contribution < 1.29 is 14.5 Å². The highest BCUT2D eigenvalue weighted by atomic mass is 16.7. The van der Waals surface area contributed by atoms with E-state index in [2.05, 4.69) is 28.2 Å². The molecule has 3 N–H and O–H groups in total.